The van der Waals surface area contributed by atoms with E-state index in [2.05, 4.69) is 5.32 Å². The van der Waals surface area contributed by atoms with Crippen molar-refractivity contribution in [2.45, 2.75) is 6.42 Å². The molecular formula is C15H14ClFN2O. The van der Waals surface area contributed by atoms with Gasteiger partial charge >= 0.3 is 0 Å². The lowest BCUT2D eigenvalue weighted by Gasteiger charge is -2.08. The summed E-state index contributed by atoms with van der Waals surface area (Å²) in [6, 6.07) is 11.0. The minimum absolute atomic E-state index is 0.268. The Labute approximate surface area is 121 Å². The fourth-order valence-corrected chi connectivity index (χ4v) is 2.03. The van der Waals surface area contributed by atoms with Crippen LogP contribution >= 0.6 is 11.6 Å². The van der Waals surface area contributed by atoms with Gasteiger partial charge in [-0.15, -0.1) is 0 Å². The highest BCUT2D eigenvalue weighted by molar-refractivity contribution is 6.31. The Morgan fingerprint density at radius 1 is 1.25 bits per heavy atom. The smallest absolute Gasteiger partial charge is 0.253 e. The number of anilines is 1. The molecule has 0 aromatic heterocycles. The first-order chi connectivity index (χ1) is 9.56. The van der Waals surface area contributed by atoms with Crippen LogP contribution in [0.25, 0.3) is 0 Å². The van der Waals surface area contributed by atoms with Crippen LogP contribution in [0.15, 0.2) is 42.5 Å². The van der Waals surface area contributed by atoms with E-state index >= 15 is 0 Å². The zero-order chi connectivity index (χ0) is 14.5. The van der Waals surface area contributed by atoms with Gasteiger partial charge in [0.05, 0.1) is 5.56 Å². The van der Waals surface area contributed by atoms with Crippen LogP contribution in [0.5, 0.6) is 0 Å². The molecule has 5 heteroatoms. The summed E-state index contributed by atoms with van der Waals surface area (Å²) >= 11 is 5.77. The van der Waals surface area contributed by atoms with E-state index in [9.17, 15) is 9.18 Å². The Morgan fingerprint density at radius 3 is 2.75 bits per heavy atom. The number of hydrogen-bond acceptors (Lipinski definition) is 2. The summed E-state index contributed by atoms with van der Waals surface area (Å²) in [4.78, 5) is 11.9. The van der Waals surface area contributed by atoms with Gasteiger partial charge in [-0.2, -0.15) is 0 Å². The summed E-state index contributed by atoms with van der Waals surface area (Å²) in [7, 11) is 0. The number of benzene rings is 2. The van der Waals surface area contributed by atoms with Gasteiger partial charge < -0.3 is 11.1 Å². The van der Waals surface area contributed by atoms with E-state index in [-0.39, 0.29) is 11.7 Å². The molecule has 0 saturated heterocycles. The number of carbonyl (C=O) groups excluding carboxylic acids is 1. The van der Waals surface area contributed by atoms with Gasteiger partial charge in [-0.1, -0.05) is 23.7 Å². The number of nitrogens with two attached hydrogens (primary N) is 1. The van der Waals surface area contributed by atoms with Gasteiger partial charge in [0.15, 0.2) is 0 Å². The van der Waals surface area contributed by atoms with Gasteiger partial charge in [0.1, 0.15) is 5.82 Å². The van der Waals surface area contributed by atoms with E-state index in [1.807, 2.05) is 6.07 Å². The average Bonchev–Trinajstić information content (AvgIpc) is 2.38. The SMILES string of the molecule is Nc1cc(Cl)ccc1C(=O)NCCc1cccc(F)c1. The molecule has 0 radical (unpaired) electrons. The molecule has 2 rings (SSSR count). The van der Waals surface area contributed by atoms with Crippen LogP contribution in [-0.4, -0.2) is 12.5 Å². The lowest BCUT2D eigenvalue weighted by molar-refractivity contribution is 0.0955. The van der Waals surface area contributed by atoms with Crippen molar-refractivity contribution in [3.05, 3.63) is 64.4 Å². The molecule has 0 atom stereocenters. The molecule has 1 amide bonds. The van der Waals surface area contributed by atoms with Crippen LogP contribution in [0.4, 0.5) is 10.1 Å². The third-order valence-electron chi connectivity index (χ3n) is 2.85. The van der Waals surface area contributed by atoms with Crippen LogP contribution in [-0.2, 0) is 6.42 Å². The van der Waals surface area contributed by atoms with Gasteiger partial charge in [-0.3, -0.25) is 4.79 Å². The molecule has 3 nitrogen and oxygen atoms in total. The predicted octanol–water partition coefficient (Wildman–Crippen LogP) is 3.03. The fraction of sp³-hybridized carbons (Fsp3) is 0.133. The second-order valence-corrected chi connectivity index (χ2v) is 4.80. The molecule has 0 bridgehead atoms. The first kappa shape index (κ1) is 14.3. The van der Waals surface area contributed by atoms with E-state index in [1.165, 1.54) is 18.2 Å². The fourth-order valence-electron chi connectivity index (χ4n) is 1.85. The number of nitrogens with one attached hydrogen (secondary N) is 1. The number of rotatable bonds is 4. The first-order valence-electron chi connectivity index (χ1n) is 6.14. The number of carbonyl (C=O) groups is 1. The van der Waals surface area contributed by atoms with Gasteiger partial charge in [0, 0.05) is 17.3 Å². The molecule has 0 aliphatic carbocycles. The lowest BCUT2D eigenvalue weighted by atomic mass is 10.1. The van der Waals surface area contributed by atoms with Crippen molar-refractivity contribution in [2.75, 3.05) is 12.3 Å². The zero-order valence-corrected chi connectivity index (χ0v) is 11.5. The van der Waals surface area contributed by atoms with Crippen molar-refractivity contribution < 1.29 is 9.18 Å². The minimum atomic E-state index is -0.282. The van der Waals surface area contributed by atoms with E-state index in [4.69, 9.17) is 17.3 Å². The lowest BCUT2D eigenvalue weighted by Crippen LogP contribution is -2.26. The molecule has 20 heavy (non-hydrogen) atoms. The Bertz CT molecular complexity index is 631. The Balaban J connectivity index is 1.92. The number of halogens is 2. The molecule has 0 fully saturated rings. The third-order valence-corrected chi connectivity index (χ3v) is 3.08. The topological polar surface area (TPSA) is 55.1 Å². The number of nitrogen functional groups attached to an aromatic ring is 1. The molecule has 0 saturated carbocycles. The summed E-state index contributed by atoms with van der Waals surface area (Å²) in [6.45, 7) is 0.407. The van der Waals surface area contributed by atoms with Crippen molar-refractivity contribution in [3.63, 3.8) is 0 Å². The average molecular weight is 293 g/mol. The largest absolute Gasteiger partial charge is 0.398 e. The van der Waals surface area contributed by atoms with Crippen LogP contribution in [0, 0.1) is 5.82 Å². The highest BCUT2D eigenvalue weighted by Crippen LogP contribution is 2.17. The van der Waals surface area contributed by atoms with Crippen molar-refractivity contribution in [3.8, 4) is 0 Å². The molecular weight excluding hydrogens is 279 g/mol. The summed E-state index contributed by atoms with van der Waals surface area (Å²) in [5.74, 6) is -0.550. The standard InChI is InChI=1S/C15H14ClFN2O/c16-11-4-5-13(14(18)9-11)15(20)19-7-6-10-2-1-3-12(17)8-10/h1-5,8-9H,6-7,18H2,(H,19,20). The van der Waals surface area contributed by atoms with Crippen molar-refractivity contribution >= 4 is 23.2 Å². The summed E-state index contributed by atoms with van der Waals surface area (Å²) < 4.78 is 13.0. The Hall–Kier alpha value is -2.07. The van der Waals surface area contributed by atoms with Crippen LogP contribution in [0.3, 0.4) is 0 Å². The molecule has 0 unspecified atom stereocenters. The summed E-state index contributed by atoms with van der Waals surface area (Å²) in [5.41, 5.74) is 7.28. The van der Waals surface area contributed by atoms with Crippen LogP contribution in [0.2, 0.25) is 5.02 Å². The van der Waals surface area contributed by atoms with E-state index < -0.39 is 0 Å². The van der Waals surface area contributed by atoms with Crippen molar-refractivity contribution in [1.82, 2.24) is 5.32 Å². The third kappa shape index (κ3) is 3.71. The maximum atomic E-state index is 13.0. The van der Waals surface area contributed by atoms with Crippen molar-refractivity contribution in [2.24, 2.45) is 0 Å². The monoisotopic (exact) mass is 292 g/mol. The zero-order valence-electron chi connectivity index (χ0n) is 10.7. The highest BCUT2D eigenvalue weighted by Gasteiger charge is 2.09. The molecule has 0 aliphatic heterocycles. The maximum absolute atomic E-state index is 13.0. The number of hydrogen-bond donors (Lipinski definition) is 2. The highest BCUT2D eigenvalue weighted by atomic mass is 35.5. The van der Waals surface area contributed by atoms with E-state index in [0.29, 0.717) is 29.2 Å². The first-order valence-corrected chi connectivity index (χ1v) is 6.52. The van der Waals surface area contributed by atoms with E-state index in [1.54, 1.807) is 18.2 Å². The molecule has 104 valence electrons. The van der Waals surface area contributed by atoms with Gasteiger partial charge in [0.25, 0.3) is 5.91 Å². The second kappa shape index (κ2) is 6.39. The summed E-state index contributed by atoms with van der Waals surface area (Å²) in [5, 5.41) is 3.23. The molecule has 0 aliphatic rings. The van der Waals surface area contributed by atoms with Crippen LogP contribution < -0.4 is 11.1 Å². The molecule has 2 aromatic carbocycles. The molecule has 0 spiro atoms. The molecule has 2 aromatic rings. The van der Waals surface area contributed by atoms with Gasteiger partial charge in [-0.25, -0.2) is 4.39 Å². The summed E-state index contributed by atoms with van der Waals surface area (Å²) in [6.07, 6.45) is 0.553. The van der Waals surface area contributed by atoms with Gasteiger partial charge in [0.2, 0.25) is 0 Å². The maximum Gasteiger partial charge on any atom is 0.253 e. The van der Waals surface area contributed by atoms with Crippen molar-refractivity contribution in [1.29, 1.82) is 0 Å². The predicted molar refractivity (Wildman–Crippen MR) is 78.3 cm³/mol. The molecule has 0 heterocycles. The number of amides is 1. The Morgan fingerprint density at radius 2 is 2.05 bits per heavy atom. The molecule has 3 N–H and O–H groups in total. The Kier molecular flexibility index (Phi) is 4.58. The minimum Gasteiger partial charge on any atom is -0.398 e. The normalized spacial score (nSPS) is 10.3. The van der Waals surface area contributed by atoms with E-state index in [0.717, 1.165) is 5.56 Å². The second-order valence-electron chi connectivity index (χ2n) is 4.37. The van der Waals surface area contributed by atoms with Crippen LogP contribution in [0.1, 0.15) is 15.9 Å². The quantitative estimate of drug-likeness (QED) is 0.851. The van der Waals surface area contributed by atoms with Gasteiger partial charge in [-0.05, 0) is 42.3 Å².